The number of piperidine rings is 1. The number of likely N-dealkylation sites (tertiary alicyclic amines) is 1. The van der Waals surface area contributed by atoms with Crippen LogP contribution in [0.4, 0.5) is 0 Å². The van der Waals surface area contributed by atoms with Gasteiger partial charge in [0, 0.05) is 19.5 Å². The van der Waals surface area contributed by atoms with E-state index in [4.69, 9.17) is 4.98 Å². The van der Waals surface area contributed by atoms with Crippen LogP contribution in [-0.2, 0) is 11.2 Å². The summed E-state index contributed by atoms with van der Waals surface area (Å²) in [5.41, 5.74) is 0.734. The Morgan fingerprint density at radius 2 is 1.93 bits per heavy atom. The molecule has 1 fully saturated rings. The van der Waals surface area contributed by atoms with Crippen LogP contribution >= 0.6 is 11.3 Å². The van der Waals surface area contributed by atoms with E-state index in [0.717, 1.165) is 68.8 Å². The van der Waals surface area contributed by atoms with E-state index < -0.39 is 0 Å². The molecule has 1 N–H and O–H groups in total. The Morgan fingerprint density at radius 3 is 2.56 bits per heavy atom. The van der Waals surface area contributed by atoms with Crippen LogP contribution < -0.4 is 5.32 Å². The zero-order chi connectivity index (χ0) is 19.3. The number of aromatic nitrogens is 1. The molecular weight excluding hydrogens is 354 g/mol. The van der Waals surface area contributed by atoms with E-state index >= 15 is 0 Å². The van der Waals surface area contributed by atoms with Crippen molar-refractivity contribution in [1.82, 2.24) is 15.2 Å². The van der Waals surface area contributed by atoms with E-state index in [2.05, 4.69) is 49.2 Å². The van der Waals surface area contributed by atoms with E-state index in [1.54, 1.807) is 11.3 Å². The number of carbonyl (C=O) groups is 1. The quantitative estimate of drug-likeness (QED) is 0.726. The van der Waals surface area contributed by atoms with Crippen LogP contribution in [0.15, 0.2) is 24.3 Å². The molecule has 0 atom stereocenters. The van der Waals surface area contributed by atoms with Crippen LogP contribution in [0.25, 0.3) is 10.2 Å². The van der Waals surface area contributed by atoms with Gasteiger partial charge in [0.1, 0.15) is 0 Å². The molecule has 0 aliphatic carbocycles. The number of rotatable bonds is 8. The lowest BCUT2D eigenvalue weighted by Crippen LogP contribution is -2.48. The van der Waals surface area contributed by atoms with Crippen molar-refractivity contribution in [2.24, 2.45) is 11.3 Å². The minimum Gasteiger partial charge on any atom is -0.342 e. The second kappa shape index (κ2) is 9.16. The minimum absolute atomic E-state index is 0.317. The average molecular weight is 388 g/mol. The number of carbonyl (C=O) groups excluding carboxylic acids is 1. The summed E-state index contributed by atoms with van der Waals surface area (Å²) in [7, 11) is 0. The Morgan fingerprint density at radius 1 is 1.22 bits per heavy atom. The minimum atomic E-state index is -0.317. The Labute approximate surface area is 167 Å². The van der Waals surface area contributed by atoms with Gasteiger partial charge in [-0.05, 0) is 56.8 Å². The van der Waals surface area contributed by atoms with Gasteiger partial charge in [-0.1, -0.05) is 32.9 Å². The van der Waals surface area contributed by atoms with Gasteiger partial charge in [-0.15, -0.1) is 11.3 Å². The molecule has 1 aromatic heterocycles. The van der Waals surface area contributed by atoms with Gasteiger partial charge in [-0.25, -0.2) is 4.98 Å². The fourth-order valence-electron chi connectivity index (χ4n) is 4.19. The van der Waals surface area contributed by atoms with Gasteiger partial charge in [0.05, 0.1) is 20.6 Å². The molecule has 2 aromatic rings. The first-order valence-corrected chi connectivity index (χ1v) is 11.3. The molecule has 1 aromatic carbocycles. The molecule has 0 saturated carbocycles. The Hall–Kier alpha value is -1.46. The summed E-state index contributed by atoms with van der Waals surface area (Å²) in [5.74, 6) is 1.05. The molecule has 1 aliphatic rings. The molecule has 0 radical (unpaired) electrons. The van der Waals surface area contributed by atoms with E-state index in [9.17, 15) is 4.79 Å². The van der Waals surface area contributed by atoms with Crippen LogP contribution in [0.1, 0.15) is 51.5 Å². The molecule has 1 amide bonds. The lowest BCUT2D eigenvalue weighted by molar-refractivity contribution is -0.144. The lowest BCUT2D eigenvalue weighted by atomic mass is 9.77. The standard InChI is InChI=1S/C22H33N3OS/c1-4-22(5-2,15-20-24-18-9-7-8-10-19(18)27-20)21(26)25-13-11-17(12-14-25)16-23-6-3/h7-10,17,23H,4-6,11-16H2,1-3H3. The molecule has 0 bridgehead atoms. The fourth-order valence-corrected chi connectivity index (χ4v) is 5.30. The van der Waals surface area contributed by atoms with Crippen LogP contribution in [-0.4, -0.2) is 42.0 Å². The van der Waals surface area contributed by atoms with E-state index in [0.29, 0.717) is 11.8 Å². The summed E-state index contributed by atoms with van der Waals surface area (Å²) in [6.07, 6.45) is 4.73. The fraction of sp³-hybridized carbons (Fsp3) is 0.636. The summed E-state index contributed by atoms with van der Waals surface area (Å²) < 4.78 is 1.21. The van der Waals surface area contributed by atoms with Crippen molar-refractivity contribution < 1.29 is 4.79 Å². The largest absolute Gasteiger partial charge is 0.342 e. The number of para-hydroxylation sites is 1. The van der Waals surface area contributed by atoms with E-state index in [1.165, 1.54) is 4.70 Å². The second-order valence-corrected chi connectivity index (χ2v) is 8.90. The van der Waals surface area contributed by atoms with Gasteiger partial charge in [-0.3, -0.25) is 4.79 Å². The highest BCUT2D eigenvalue weighted by Gasteiger charge is 2.40. The summed E-state index contributed by atoms with van der Waals surface area (Å²) >= 11 is 1.74. The van der Waals surface area contributed by atoms with Gasteiger partial charge in [0.15, 0.2) is 0 Å². The number of fused-ring (bicyclic) bond motifs is 1. The molecule has 1 saturated heterocycles. The Bertz CT molecular complexity index is 712. The van der Waals surface area contributed by atoms with Crippen molar-refractivity contribution in [2.75, 3.05) is 26.2 Å². The Kier molecular flexibility index (Phi) is 6.88. The number of benzene rings is 1. The SMILES string of the molecule is CCNCC1CCN(C(=O)C(CC)(CC)Cc2nc3ccccc3s2)CC1. The summed E-state index contributed by atoms with van der Waals surface area (Å²) in [5, 5.41) is 4.54. The topological polar surface area (TPSA) is 45.2 Å². The van der Waals surface area contributed by atoms with Gasteiger partial charge >= 0.3 is 0 Å². The maximum atomic E-state index is 13.5. The molecule has 0 spiro atoms. The molecule has 27 heavy (non-hydrogen) atoms. The highest BCUT2D eigenvalue weighted by atomic mass is 32.1. The van der Waals surface area contributed by atoms with Crippen LogP contribution in [0.3, 0.4) is 0 Å². The van der Waals surface area contributed by atoms with Gasteiger partial charge in [0.2, 0.25) is 5.91 Å². The summed E-state index contributed by atoms with van der Waals surface area (Å²) in [6.45, 7) is 10.4. The smallest absolute Gasteiger partial charge is 0.229 e. The predicted molar refractivity (Wildman–Crippen MR) is 114 cm³/mol. The molecule has 1 aliphatic heterocycles. The molecule has 4 nitrogen and oxygen atoms in total. The second-order valence-electron chi connectivity index (χ2n) is 7.78. The number of amides is 1. The van der Waals surface area contributed by atoms with Crippen molar-refractivity contribution in [3.05, 3.63) is 29.3 Å². The average Bonchev–Trinajstić information content (AvgIpc) is 3.12. The van der Waals surface area contributed by atoms with Crippen LogP contribution in [0, 0.1) is 11.3 Å². The summed E-state index contributed by atoms with van der Waals surface area (Å²) in [4.78, 5) is 20.4. The monoisotopic (exact) mass is 387 g/mol. The normalized spacial score (nSPS) is 16.2. The maximum Gasteiger partial charge on any atom is 0.229 e. The van der Waals surface area contributed by atoms with E-state index in [1.807, 2.05) is 6.07 Å². The van der Waals surface area contributed by atoms with Gasteiger partial charge < -0.3 is 10.2 Å². The zero-order valence-electron chi connectivity index (χ0n) is 17.0. The van der Waals surface area contributed by atoms with Gasteiger partial charge in [-0.2, -0.15) is 0 Å². The molecule has 5 heteroatoms. The number of hydrogen-bond acceptors (Lipinski definition) is 4. The molecule has 148 valence electrons. The number of nitrogens with zero attached hydrogens (tertiary/aromatic N) is 2. The third-order valence-corrected chi connectivity index (χ3v) is 7.26. The predicted octanol–water partition coefficient (Wildman–Crippen LogP) is 4.49. The first-order valence-electron chi connectivity index (χ1n) is 10.5. The lowest BCUT2D eigenvalue weighted by Gasteiger charge is -2.39. The number of hydrogen-bond donors (Lipinski definition) is 1. The zero-order valence-corrected chi connectivity index (χ0v) is 17.8. The molecule has 2 heterocycles. The van der Waals surface area contributed by atoms with Crippen molar-refractivity contribution in [3.63, 3.8) is 0 Å². The molecule has 3 rings (SSSR count). The third-order valence-electron chi connectivity index (χ3n) is 6.22. The van der Waals surface area contributed by atoms with Gasteiger partial charge in [0.25, 0.3) is 0 Å². The first-order chi connectivity index (χ1) is 13.1. The van der Waals surface area contributed by atoms with Crippen molar-refractivity contribution >= 4 is 27.5 Å². The van der Waals surface area contributed by atoms with E-state index in [-0.39, 0.29) is 5.41 Å². The van der Waals surface area contributed by atoms with Crippen molar-refractivity contribution in [3.8, 4) is 0 Å². The first kappa shape index (κ1) is 20.3. The highest BCUT2D eigenvalue weighted by molar-refractivity contribution is 7.18. The maximum absolute atomic E-state index is 13.5. The Balaban J connectivity index is 1.70. The number of nitrogens with one attached hydrogen (secondary N) is 1. The number of thiazole rings is 1. The van der Waals surface area contributed by atoms with Crippen molar-refractivity contribution in [2.45, 2.75) is 52.9 Å². The summed E-state index contributed by atoms with van der Waals surface area (Å²) in [6, 6.07) is 8.26. The highest BCUT2D eigenvalue weighted by Crippen LogP contribution is 2.36. The van der Waals surface area contributed by atoms with Crippen LogP contribution in [0.2, 0.25) is 0 Å². The molecule has 0 unspecified atom stereocenters. The van der Waals surface area contributed by atoms with Crippen molar-refractivity contribution in [1.29, 1.82) is 0 Å². The third kappa shape index (κ3) is 4.52. The molecular formula is C22H33N3OS. The van der Waals surface area contributed by atoms with Crippen LogP contribution in [0.5, 0.6) is 0 Å².